The Hall–Kier alpha value is -2.10. The summed E-state index contributed by atoms with van der Waals surface area (Å²) < 4.78 is 5.41. The molecule has 0 radical (unpaired) electrons. The Morgan fingerprint density at radius 1 is 1.36 bits per heavy atom. The number of carbonyl (C=O) groups excluding carboxylic acids is 1. The number of rotatable bonds is 3. The molecule has 0 spiro atoms. The van der Waals surface area contributed by atoms with Crippen LogP contribution in [-0.4, -0.2) is 16.5 Å². The molecule has 14 heavy (non-hydrogen) atoms. The number of hydrogen-bond acceptors (Lipinski definition) is 3. The normalized spacial score (nSPS) is 9.71. The van der Waals surface area contributed by atoms with Gasteiger partial charge < -0.3 is 4.74 Å². The van der Waals surface area contributed by atoms with Crippen LogP contribution in [-0.2, 0) is 0 Å². The predicted octanol–water partition coefficient (Wildman–Crippen LogP) is 2.01. The lowest BCUT2D eigenvalue weighted by Gasteiger charge is -2.01. The summed E-state index contributed by atoms with van der Waals surface area (Å²) in [5.41, 5.74) is 0.589. The third-order valence-corrected chi connectivity index (χ3v) is 1.70. The number of carbonyl (C=O) groups is 1. The molecule has 0 saturated heterocycles. The molecule has 70 valence electrons. The lowest BCUT2D eigenvalue weighted by molar-refractivity contribution is 0.112. The van der Waals surface area contributed by atoms with E-state index in [1.165, 1.54) is 0 Å². The number of hydrogen-bond donors (Lipinski definition) is 1. The molecular formula is C10H8N2O2. The van der Waals surface area contributed by atoms with E-state index in [-0.39, 0.29) is 0 Å². The van der Waals surface area contributed by atoms with Crippen LogP contribution in [0.2, 0.25) is 0 Å². The van der Waals surface area contributed by atoms with Crippen molar-refractivity contribution >= 4 is 6.29 Å². The van der Waals surface area contributed by atoms with Gasteiger partial charge in [-0.15, -0.1) is 0 Å². The summed E-state index contributed by atoms with van der Waals surface area (Å²) in [7, 11) is 0. The highest BCUT2D eigenvalue weighted by Crippen LogP contribution is 2.19. The number of benzene rings is 1. The second kappa shape index (κ2) is 3.74. The Kier molecular flexibility index (Phi) is 2.27. The van der Waals surface area contributed by atoms with Gasteiger partial charge in [-0.3, -0.25) is 9.89 Å². The average molecular weight is 188 g/mol. The largest absolute Gasteiger partial charge is 0.454 e. The Balaban J connectivity index is 2.21. The van der Waals surface area contributed by atoms with E-state index >= 15 is 0 Å². The Morgan fingerprint density at radius 3 is 3.00 bits per heavy atom. The molecule has 1 heterocycles. The van der Waals surface area contributed by atoms with Crippen molar-refractivity contribution in [2.75, 3.05) is 0 Å². The highest BCUT2D eigenvalue weighted by molar-refractivity contribution is 5.75. The molecular weight excluding hydrogens is 180 g/mol. The van der Waals surface area contributed by atoms with Crippen LogP contribution in [0.25, 0.3) is 0 Å². The number of aromatic nitrogens is 2. The molecule has 4 heteroatoms. The molecule has 0 aliphatic heterocycles. The van der Waals surface area contributed by atoms with Gasteiger partial charge in [-0.25, -0.2) is 0 Å². The summed E-state index contributed by atoms with van der Waals surface area (Å²) in [5, 5.41) is 6.38. The number of nitrogens with zero attached hydrogens (tertiary/aromatic N) is 1. The van der Waals surface area contributed by atoms with Gasteiger partial charge in [-0.1, -0.05) is 12.1 Å². The molecule has 0 saturated carbocycles. The van der Waals surface area contributed by atoms with Gasteiger partial charge in [0, 0.05) is 5.56 Å². The van der Waals surface area contributed by atoms with Gasteiger partial charge in [0.15, 0.2) is 5.75 Å². The maximum Gasteiger partial charge on any atom is 0.165 e. The second-order valence-electron chi connectivity index (χ2n) is 2.73. The zero-order valence-electron chi connectivity index (χ0n) is 7.31. The van der Waals surface area contributed by atoms with Gasteiger partial charge in [0.1, 0.15) is 12.0 Å². The molecule has 0 bridgehead atoms. The predicted molar refractivity (Wildman–Crippen MR) is 50.5 cm³/mol. The lowest BCUT2D eigenvalue weighted by Crippen LogP contribution is -1.84. The number of H-pyrrole nitrogens is 1. The molecule has 0 fully saturated rings. The maximum absolute atomic E-state index is 10.5. The zero-order chi connectivity index (χ0) is 9.80. The third-order valence-electron chi connectivity index (χ3n) is 1.70. The minimum Gasteiger partial charge on any atom is -0.454 e. The van der Waals surface area contributed by atoms with E-state index in [2.05, 4.69) is 10.2 Å². The first-order valence-electron chi connectivity index (χ1n) is 4.10. The molecule has 4 nitrogen and oxygen atoms in total. The topological polar surface area (TPSA) is 55.0 Å². The van der Waals surface area contributed by atoms with E-state index in [9.17, 15) is 4.79 Å². The van der Waals surface area contributed by atoms with Crippen molar-refractivity contribution in [3.8, 4) is 11.5 Å². The number of aldehydes is 1. The number of ether oxygens (including phenoxy) is 1. The number of nitrogens with one attached hydrogen (secondary N) is 1. The van der Waals surface area contributed by atoms with E-state index in [1.807, 2.05) is 0 Å². The van der Waals surface area contributed by atoms with Crippen LogP contribution < -0.4 is 4.74 Å². The maximum atomic E-state index is 10.5. The van der Waals surface area contributed by atoms with Crippen molar-refractivity contribution in [3.05, 3.63) is 42.2 Å². The van der Waals surface area contributed by atoms with Crippen molar-refractivity contribution < 1.29 is 9.53 Å². The SMILES string of the molecule is O=Cc1cccc(Oc2cn[nH]c2)c1. The summed E-state index contributed by atoms with van der Waals surface area (Å²) in [6.45, 7) is 0. The number of aromatic amines is 1. The Bertz CT molecular complexity index is 423. The van der Waals surface area contributed by atoms with Gasteiger partial charge in [0.2, 0.25) is 0 Å². The van der Waals surface area contributed by atoms with Gasteiger partial charge in [0.05, 0.1) is 12.4 Å². The van der Waals surface area contributed by atoms with E-state index < -0.39 is 0 Å². The fraction of sp³-hybridized carbons (Fsp3) is 0. The first-order valence-corrected chi connectivity index (χ1v) is 4.10. The molecule has 0 aliphatic rings. The van der Waals surface area contributed by atoms with E-state index in [4.69, 9.17) is 4.74 Å². The fourth-order valence-electron chi connectivity index (χ4n) is 1.08. The Morgan fingerprint density at radius 2 is 2.29 bits per heavy atom. The molecule has 2 aromatic rings. The minimum atomic E-state index is 0.589. The van der Waals surface area contributed by atoms with Crippen molar-refractivity contribution in [1.29, 1.82) is 0 Å². The summed E-state index contributed by atoms with van der Waals surface area (Å²) in [5.74, 6) is 1.24. The van der Waals surface area contributed by atoms with Gasteiger partial charge >= 0.3 is 0 Å². The quantitative estimate of drug-likeness (QED) is 0.749. The molecule has 1 N–H and O–H groups in total. The van der Waals surface area contributed by atoms with Crippen LogP contribution in [0.3, 0.4) is 0 Å². The summed E-state index contributed by atoms with van der Waals surface area (Å²) in [6, 6.07) is 6.92. The summed E-state index contributed by atoms with van der Waals surface area (Å²) in [6.07, 6.45) is 3.98. The van der Waals surface area contributed by atoms with Crippen molar-refractivity contribution in [3.63, 3.8) is 0 Å². The standard InChI is InChI=1S/C10H8N2O2/c13-7-8-2-1-3-9(4-8)14-10-5-11-12-6-10/h1-7H,(H,11,12). The second-order valence-corrected chi connectivity index (χ2v) is 2.73. The molecule has 0 amide bonds. The summed E-state index contributed by atoms with van der Waals surface area (Å²) in [4.78, 5) is 10.5. The van der Waals surface area contributed by atoms with Crippen LogP contribution >= 0.6 is 0 Å². The highest BCUT2D eigenvalue weighted by Gasteiger charge is 1.98. The highest BCUT2D eigenvalue weighted by atomic mass is 16.5. The molecule has 1 aromatic heterocycles. The van der Waals surface area contributed by atoms with Crippen molar-refractivity contribution in [1.82, 2.24) is 10.2 Å². The fourth-order valence-corrected chi connectivity index (χ4v) is 1.08. The van der Waals surface area contributed by atoms with E-state index in [0.29, 0.717) is 17.1 Å². The molecule has 0 unspecified atom stereocenters. The van der Waals surface area contributed by atoms with Crippen molar-refractivity contribution in [2.45, 2.75) is 0 Å². The minimum absolute atomic E-state index is 0.589. The molecule has 0 atom stereocenters. The van der Waals surface area contributed by atoms with Crippen LogP contribution in [0.4, 0.5) is 0 Å². The zero-order valence-corrected chi connectivity index (χ0v) is 7.31. The molecule has 0 aliphatic carbocycles. The van der Waals surface area contributed by atoms with Crippen LogP contribution in [0.15, 0.2) is 36.7 Å². The lowest BCUT2D eigenvalue weighted by atomic mass is 10.2. The van der Waals surface area contributed by atoms with Crippen molar-refractivity contribution in [2.24, 2.45) is 0 Å². The molecule has 2 rings (SSSR count). The van der Waals surface area contributed by atoms with E-state index in [1.54, 1.807) is 36.7 Å². The third kappa shape index (κ3) is 1.80. The smallest absolute Gasteiger partial charge is 0.165 e. The Labute approximate surface area is 80.5 Å². The van der Waals surface area contributed by atoms with Gasteiger partial charge in [0.25, 0.3) is 0 Å². The summed E-state index contributed by atoms with van der Waals surface area (Å²) >= 11 is 0. The van der Waals surface area contributed by atoms with Gasteiger partial charge in [-0.2, -0.15) is 5.10 Å². The van der Waals surface area contributed by atoms with E-state index in [0.717, 1.165) is 6.29 Å². The first kappa shape index (κ1) is 8.50. The molecule has 1 aromatic carbocycles. The first-order chi connectivity index (χ1) is 6.88. The monoisotopic (exact) mass is 188 g/mol. The average Bonchev–Trinajstić information content (AvgIpc) is 2.71. The van der Waals surface area contributed by atoms with Crippen LogP contribution in [0.5, 0.6) is 11.5 Å². The van der Waals surface area contributed by atoms with Crippen LogP contribution in [0, 0.1) is 0 Å². The van der Waals surface area contributed by atoms with Gasteiger partial charge in [-0.05, 0) is 12.1 Å². The van der Waals surface area contributed by atoms with Crippen LogP contribution in [0.1, 0.15) is 10.4 Å².